The van der Waals surface area contributed by atoms with Crippen molar-refractivity contribution >= 4 is 14.3 Å². The van der Waals surface area contributed by atoms with Crippen LogP contribution in [-0.4, -0.2) is 27.5 Å². The molecule has 94 valence electrons. The van der Waals surface area contributed by atoms with Gasteiger partial charge in [-0.15, -0.1) is 6.58 Å². The fraction of sp³-hybridized carbons (Fsp3) is 0.750. The number of ether oxygens (including phenoxy) is 1. The zero-order chi connectivity index (χ0) is 12.4. The molecule has 0 aromatic rings. The highest BCUT2D eigenvalue weighted by atomic mass is 28.4. The molecule has 1 rings (SSSR count). The summed E-state index contributed by atoms with van der Waals surface area (Å²) in [6.07, 6.45) is 4.53. The van der Waals surface area contributed by atoms with Crippen molar-refractivity contribution in [2.75, 3.05) is 13.2 Å². The molecule has 1 saturated heterocycles. The number of rotatable bonds is 3. The first kappa shape index (κ1) is 15.4. The van der Waals surface area contributed by atoms with Crippen LogP contribution in [0.15, 0.2) is 12.7 Å². The van der Waals surface area contributed by atoms with Crippen molar-refractivity contribution < 1.29 is 14.0 Å². The Morgan fingerprint density at radius 2 is 2.19 bits per heavy atom. The SMILES string of the molecule is C=CCC(=O)OCC.C[Si]1(C)CCCCO1. The minimum absolute atomic E-state index is 0.206. The molecule has 0 radical (unpaired) electrons. The number of esters is 1. The Balaban J connectivity index is 0.000000281. The number of hydrogen-bond donors (Lipinski definition) is 0. The molecule has 0 aromatic heterocycles. The van der Waals surface area contributed by atoms with Gasteiger partial charge in [0.15, 0.2) is 8.32 Å². The van der Waals surface area contributed by atoms with Gasteiger partial charge in [0.05, 0.1) is 13.0 Å². The van der Waals surface area contributed by atoms with Gasteiger partial charge < -0.3 is 9.16 Å². The lowest BCUT2D eigenvalue weighted by Gasteiger charge is -2.27. The monoisotopic (exact) mass is 244 g/mol. The van der Waals surface area contributed by atoms with Crippen LogP contribution < -0.4 is 0 Å². The highest BCUT2D eigenvalue weighted by molar-refractivity contribution is 6.71. The Bertz CT molecular complexity index is 206. The summed E-state index contributed by atoms with van der Waals surface area (Å²) in [6, 6.07) is 1.37. The van der Waals surface area contributed by atoms with Gasteiger partial charge in [-0.05, 0) is 32.5 Å². The second-order valence-corrected chi connectivity index (χ2v) is 8.67. The third-order valence-electron chi connectivity index (χ3n) is 2.28. The molecule has 0 aliphatic carbocycles. The average molecular weight is 244 g/mol. The quantitative estimate of drug-likeness (QED) is 0.435. The fourth-order valence-corrected chi connectivity index (χ4v) is 3.35. The molecule has 1 aliphatic heterocycles. The Morgan fingerprint density at radius 1 is 1.50 bits per heavy atom. The molecule has 0 aromatic carbocycles. The van der Waals surface area contributed by atoms with Crippen molar-refractivity contribution in [2.45, 2.75) is 45.3 Å². The lowest BCUT2D eigenvalue weighted by atomic mass is 10.4. The van der Waals surface area contributed by atoms with Crippen LogP contribution in [0.4, 0.5) is 0 Å². The van der Waals surface area contributed by atoms with Gasteiger partial charge in [-0.25, -0.2) is 0 Å². The van der Waals surface area contributed by atoms with E-state index in [0.717, 1.165) is 6.61 Å². The van der Waals surface area contributed by atoms with E-state index in [1.807, 2.05) is 0 Å². The van der Waals surface area contributed by atoms with Crippen molar-refractivity contribution in [3.8, 4) is 0 Å². The smallest absolute Gasteiger partial charge is 0.309 e. The van der Waals surface area contributed by atoms with Crippen molar-refractivity contribution in [3.63, 3.8) is 0 Å². The molecule has 0 amide bonds. The third-order valence-corrected chi connectivity index (χ3v) is 4.83. The summed E-state index contributed by atoms with van der Waals surface area (Å²) in [7, 11) is -1.09. The summed E-state index contributed by atoms with van der Waals surface area (Å²) < 4.78 is 10.2. The highest BCUT2D eigenvalue weighted by Crippen LogP contribution is 2.20. The van der Waals surface area contributed by atoms with E-state index in [0.29, 0.717) is 13.0 Å². The Morgan fingerprint density at radius 3 is 2.50 bits per heavy atom. The van der Waals surface area contributed by atoms with Crippen LogP contribution in [0.25, 0.3) is 0 Å². The Labute approximate surface area is 100.0 Å². The average Bonchev–Trinajstić information content (AvgIpc) is 2.19. The van der Waals surface area contributed by atoms with Gasteiger partial charge >= 0.3 is 5.97 Å². The van der Waals surface area contributed by atoms with E-state index in [2.05, 4.69) is 24.4 Å². The van der Waals surface area contributed by atoms with Crippen LogP contribution in [0, 0.1) is 0 Å². The van der Waals surface area contributed by atoms with E-state index in [9.17, 15) is 4.79 Å². The second kappa shape index (κ2) is 8.53. The topological polar surface area (TPSA) is 35.5 Å². The summed E-state index contributed by atoms with van der Waals surface area (Å²) in [4.78, 5) is 10.3. The van der Waals surface area contributed by atoms with Crippen molar-refractivity contribution in [2.24, 2.45) is 0 Å². The highest BCUT2D eigenvalue weighted by Gasteiger charge is 2.24. The summed E-state index contributed by atoms with van der Waals surface area (Å²) in [5.74, 6) is -0.206. The summed E-state index contributed by atoms with van der Waals surface area (Å²) in [5.41, 5.74) is 0. The summed E-state index contributed by atoms with van der Waals surface area (Å²) >= 11 is 0. The minimum Gasteiger partial charge on any atom is -0.466 e. The van der Waals surface area contributed by atoms with Crippen LogP contribution in [0.1, 0.15) is 26.2 Å². The largest absolute Gasteiger partial charge is 0.466 e. The Hall–Kier alpha value is -0.613. The lowest BCUT2D eigenvalue weighted by molar-refractivity contribution is -0.142. The van der Waals surface area contributed by atoms with Crippen molar-refractivity contribution in [1.29, 1.82) is 0 Å². The van der Waals surface area contributed by atoms with Crippen LogP contribution >= 0.6 is 0 Å². The molecule has 1 aliphatic rings. The molecular weight excluding hydrogens is 220 g/mol. The van der Waals surface area contributed by atoms with Crippen LogP contribution in [-0.2, 0) is 14.0 Å². The first-order valence-corrected chi connectivity index (χ1v) is 9.04. The maximum absolute atomic E-state index is 10.3. The number of hydrogen-bond acceptors (Lipinski definition) is 3. The van der Waals surface area contributed by atoms with E-state index in [1.54, 1.807) is 6.92 Å². The van der Waals surface area contributed by atoms with E-state index in [4.69, 9.17) is 4.43 Å². The first-order valence-electron chi connectivity index (χ1n) is 5.92. The zero-order valence-electron chi connectivity index (χ0n) is 10.8. The van der Waals surface area contributed by atoms with E-state index >= 15 is 0 Å². The fourth-order valence-electron chi connectivity index (χ4n) is 1.41. The molecular formula is C12H24O3Si. The van der Waals surface area contributed by atoms with Gasteiger partial charge in [-0.3, -0.25) is 4.79 Å². The van der Waals surface area contributed by atoms with E-state index in [1.165, 1.54) is 25.0 Å². The van der Waals surface area contributed by atoms with Gasteiger partial charge in [0.1, 0.15) is 0 Å². The minimum atomic E-state index is -1.09. The molecule has 3 nitrogen and oxygen atoms in total. The molecule has 16 heavy (non-hydrogen) atoms. The maximum Gasteiger partial charge on any atom is 0.309 e. The summed E-state index contributed by atoms with van der Waals surface area (Å²) in [5, 5.41) is 0. The molecule has 0 spiro atoms. The van der Waals surface area contributed by atoms with Crippen molar-refractivity contribution in [3.05, 3.63) is 12.7 Å². The first-order chi connectivity index (χ1) is 7.52. The molecule has 1 fully saturated rings. The lowest BCUT2D eigenvalue weighted by Crippen LogP contribution is -2.33. The van der Waals surface area contributed by atoms with Gasteiger partial charge in [0.25, 0.3) is 0 Å². The molecule has 1 heterocycles. The normalized spacial score (nSPS) is 17.9. The van der Waals surface area contributed by atoms with Crippen LogP contribution in [0.5, 0.6) is 0 Å². The van der Waals surface area contributed by atoms with Gasteiger partial charge in [0.2, 0.25) is 0 Å². The molecule has 0 bridgehead atoms. The van der Waals surface area contributed by atoms with Gasteiger partial charge in [0, 0.05) is 6.61 Å². The predicted octanol–water partition coefficient (Wildman–Crippen LogP) is 3.13. The van der Waals surface area contributed by atoms with Crippen LogP contribution in [0.3, 0.4) is 0 Å². The Kier molecular flexibility index (Phi) is 8.20. The molecule has 0 saturated carbocycles. The second-order valence-electron chi connectivity index (χ2n) is 4.36. The molecule has 0 unspecified atom stereocenters. The summed E-state index contributed by atoms with van der Waals surface area (Å²) in [6.45, 7) is 11.2. The molecule has 0 N–H and O–H groups in total. The van der Waals surface area contributed by atoms with Gasteiger partial charge in [-0.1, -0.05) is 12.5 Å². The molecule has 0 atom stereocenters. The van der Waals surface area contributed by atoms with Crippen molar-refractivity contribution in [1.82, 2.24) is 0 Å². The maximum atomic E-state index is 10.3. The third kappa shape index (κ3) is 8.68. The number of carbonyl (C=O) groups is 1. The van der Waals surface area contributed by atoms with Gasteiger partial charge in [-0.2, -0.15) is 0 Å². The van der Waals surface area contributed by atoms with E-state index in [-0.39, 0.29) is 5.97 Å². The van der Waals surface area contributed by atoms with E-state index < -0.39 is 8.32 Å². The number of carbonyl (C=O) groups excluding carboxylic acids is 1. The van der Waals surface area contributed by atoms with Crippen LogP contribution in [0.2, 0.25) is 19.1 Å². The predicted molar refractivity (Wildman–Crippen MR) is 68.9 cm³/mol. The molecule has 4 heteroatoms. The standard InChI is InChI=1S/C6H10O2.C6H14OSi/c1-3-5-6(7)8-4-2;1-8(2)6-4-3-5-7-8/h3H,1,4-5H2,2H3;3-6H2,1-2H3. The zero-order valence-corrected chi connectivity index (χ0v) is 11.8.